The van der Waals surface area contributed by atoms with Gasteiger partial charge in [0.2, 0.25) is 10.0 Å². The molecule has 0 atom stereocenters. The summed E-state index contributed by atoms with van der Waals surface area (Å²) in [5, 5.41) is 3.01. The van der Waals surface area contributed by atoms with Gasteiger partial charge in [-0.15, -0.1) is 12.4 Å². The Bertz CT molecular complexity index is 518. The van der Waals surface area contributed by atoms with Crippen LogP contribution in [0, 0.1) is 0 Å². The Labute approximate surface area is 128 Å². The van der Waals surface area contributed by atoms with Gasteiger partial charge in [0.25, 0.3) is 0 Å². The first kappa shape index (κ1) is 20.2. The number of benzene rings is 1. The molecular formula is C12H18ClF3N2O2S. The van der Waals surface area contributed by atoms with Crippen molar-refractivity contribution in [2.24, 2.45) is 0 Å². The van der Waals surface area contributed by atoms with Crippen LogP contribution in [-0.4, -0.2) is 28.1 Å². The van der Waals surface area contributed by atoms with Gasteiger partial charge in [-0.25, -0.2) is 13.1 Å². The van der Waals surface area contributed by atoms with Crippen LogP contribution in [-0.2, 0) is 16.2 Å². The fraction of sp³-hybridized carbons (Fsp3) is 0.500. The number of rotatable bonds is 7. The molecule has 1 aromatic rings. The number of sulfonamides is 1. The highest BCUT2D eigenvalue weighted by molar-refractivity contribution is 7.89. The molecule has 0 bridgehead atoms. The molecule has 0 aliphatic rings. The standard InChI is InChI=1S/C12H17F3N2O2S.ClH/c1-2-7-16-8-9-17-20(18,19)11-5-3-10(4-6-11)12(13,14)15;/h3-6,16-17H,2,7-9H2,1H3;1H. The van der Waals surface area contributed by atoms with Crippen LogP contribution in [0.3, 0.4) is 0 Å². The van der Waals surface area contributed by atoms with Gasteiger partial charge in [0.1, 0.15) is 0 Å². The Morgan fingerprint density at radius 1 is 1.05 bits per heavy atom. The second-order valence-electron chi connectivity index (χ2n) is 4.17. The molecule has 0 saturated heterocycles. The maximum absolute atomic E-state index is 12.4. The average molecular weight is 347 g/mol. The third-order valence-corrected chi connectivity index (χ3v) is 3.99. The van der Waals surface area contributed by atoms with E-state index in [1.54, 1.807) is 0 Å². The summed E-state index contributed by atoms with van der Waals surface area (Å²) in [6.45, 7) is 3.42. The Balaban J connectivity index is 0.00000400. The maximum atomic E-state index is 12.4. The Morgan fingerprint density at radius 2 is 1.62 bits per heavy atom. The molecule has 0 aliphatic heterocycles. The van der Waals surface area contributed by atoms with Crippen LogP contribution in [0.1, 0.15) is 18.9 Å². The third-order valence-electron chi connectivity index (χ3n) is 2.51. The fourth-order valence-electron chi connectivity index (χ4n) is 1.48. The lowest BCUT2D eigenvalue weighted by Gasteiger charge is -2.09. The zero-order valence-electron chi connectivity index (χ0n) is 11.4. The second-order valence-corrected chi connectivity index (χ2v) is 5.94. The number of nitrogens with one attached hydrogen (secondary N) is 2. The van der Waals surface area contributed by atoms with E-state index in [9.17, 15) is 21.6 Å². The molecule has 0 fully saturated rings. The van der Waals surface area contributed by atoms with Gasteiger partial charge < -0.3 is 5.32 Å². The van der Waals surface area contributed by atoms with Gasteiger partial charge >= 0.3 is 6.18 Å². The zero-order chi connectivity index (χ0) is 15.2. The van der Waals surface area contributed by atoms with E-state index in [0.29, 0.717) is 6.54 Å². The smallest absolute Gasteiger partial charge is 0.315 e. The van der Waals surface area contributed by atoms with E-state index in [0.717, 1.165) is 37.2 Å². The molecule has 0 heterocycles. The lowest BCUT2D eigenvalue weighted by atomic mass is 10.2. The first-order chi connectivity index (χ1) is 9.27. The summed E-state index contributed by atoms with van der Waals surface area (Å²) in [6, 6.07) is 3.41. The van der Waals surface area contributed by atoms with Gasteiger partial charge in [-0.1, -0.05) is 6.92 Å². The van der Waals surface area contributed by atoms with E-state index in [1.807, 2.05) is 6.92 Å². The third kappa shape index (κ3) is 6.64. The predicted octanol–water partition coefficient (Wildman–Crippen LogP) is 2.41. The Morgan fingerprint density at radius 3 is 2.10 bits per heavy atom. The largest absolute Gasteiger partial charge is 0.416 e. The van der Waals surface area contributed by atoms with E-state index in [-0.39, 0.29) is 23.8 Å². The molecule has 0 unspecified atom stereocenters. The summed E-state index contributed by atoms with van der Waals surface area (Å²) in [7, 11) is -3.77. The summed E-state index contributed by atoms with van der Waals surface area (Å²) in [6.07, 6.45) is -3.54. The van der Waals surface area contributed by atoms with Gasteiger partial charge in [-0.3, -0.25) is 0 Å². The predicted molar refractivity (Wildman–Crippen MR) is 77.0 cm³/mol. The van der Waals surface area contributed by atoms with Gasteiger partial charge in [-0.05, 0) is 37.2 Å². The van der Waals surface area contributed by atoms with Gasteiger partial charge in [0, 0.05) is 13.1 Å². The monoisotopic (exact) mass is 346 g/mol. The van der Waals surface area contributed by atoms with Crippen LogP contribution >= 0.6 is 12.4 Å². The van der Waals surface area contributed by atoms with Crippen molar-refractivity contribution >= 4 is 22.4 Å². The molecule has 1 aromatic carbocycles. The molecule has 9 heteroatoms. The highest BCUT2D eigenvalue weighted by Gasteiger charge is 2.30. The fourth-order valence-corrected chi connectivity index (χ4v) is 2.51. The van der Waals surface area contributed by atoms with Gasteiger partial charge in [0.15, 0.2) is 0 Å². The molecule has 122 valence electrons. The normalized spacial score (nSPS) is 12.0. The van der Waals surface area contributed by atoms with Crippen LogP contribution in [0.25, 0.3) is 0 Å². The summed E-state index contributed by atoms with van der Waals surface area (Å²) in [5.41, 5.74) is -0.874. The van der Waals surface area contributed by atoms with Crippen molar-refractivity contribution in [1.29, 1.82) is 0 Å². The molecule has 0 amide bonds. The first-order valence-corrected chi connectivity index (χ1v) is 7.63. The first-order valence-electron chi connectivity index (χ1n) is 6.15. The van der Waals surface area contributed by atoms with E-state index >= 15 is 0 Å². The lowest BCUT2D eigenvalue weighted by Crippen LogP contribution is -2.32. The number of halogens is 4. The summed E-state index contributed by atoms with van der Waals surface area (Å²) in [4.78, 5) is -0.180. The van der Waals surface area contributed by atoms with Crippen LogP contribution in [0.15, 0.2) is 29.2 Å². The molecule has 0 aromatic heterocycles. The van der Waals surface area contributed by atoms with E-state index in [1.165, 1.54) is 0 Å². The second kappa shape index (κ2) is 8.57. The van der Waals surface area contributed by atoms with Gasteiger partial charge in [0.05, 0.1) is 10.5 Å². The minimum atomic E-state index is -4.47. The highest BCUT2D eigenvalue weighted by atomic mass is 35.5. The van der Waals surface area contributed by atoms with Crippen LogP contribution in [0.2, 0.25) is 0 Å². The lowest BCUT2D eigenvalue weighted by molar-refractivity contribution is -0.137. The number of alkyl halides is 3. The molecule has 0 saturated carbocycles. The Hall–Kier alpha value is -0.830. The molecule has 4 nitrogen and oxygen atoms in total. The van der Waals surface area contributed by atoms with Crippen LogP contribution in [0.4, 0.5) is 13.2 Å². The van der Waals surface area contributed by atoms with E-state index < -0.39 is 21.8 Å². The van der Waals surface area contributed by atoms with E-state index in [2.05, 4.69) is 10.0 Å². The SMILES string of the molecule is CCCNCCNS(=O)(=O)c1ccc(C(F)(F)F)cc1.Cl. The van der Waals surface area contributed by atoms with Crippen LogP contribution < -0.4 is 10.0 Å². The minimum absolute atomic E-state index is 0. The molecule has 0 aliphatic carbocycles. The van der Waals surface area contributed by atoms with Crippen molar-refractivity contribution in [3.63, 3.8) is 0 Å². The van der Waals surface area contributed by atoms with Crippen molar-refractivity contribution in [2.45, 2.75) is 24.4 Å². The molecular weight excluding hydrogens is 329 g/mol. The number of hydrogen-bond donors (Lipinski definition) is 2. The van der Waals surface area contributed by atoms with E-state index in [4.69, 9.17) is 0 Å². The average Bonchev–Trinajstić information content (AvgIpc) is 2.37. The molecule has 1 rings (SSSR count). The van der Waals surface area contributed by atoms with Crippen molar-refractivity contribution in [3.05, 3.63) is 29.8 Å². The number of hydrogen-bond acceptors (Lipinski definition) is 3. The molecule has 21 heavy (non-hydrogen) atoms. The van der Waals surface area contributed by atoms with Crippen molar-refractivity contribution in [2.75, 3.05) is 19.6 Å². The Kier molecular flexibility index (Phi) is 8.23. The topological polar surface area (TPSA) is 58.2 Å². The highest BCUT2D eigenvalue weighted by Crippen LogP contribution is 2.29. The van der Waals surface area contributed by atoms with Gasteiger partial charge in [-0.2, -0.15) is 13.2 Å². The zero-order valence-corrected chi connectivity index (χ0v) is 13.0. The van der Waals surface area contributed by atoms with Crippen molar-refractivity contribution in [3.8, 4) is 0 Å². The van der Waals surface area contributed by atoms with Crippen molar-refractivity contribution < 1.29 is 21.6 Å². The molecule has 2 N–H and O–H groups in total. The van der Waals surface area contributed by atoms with Crippen LogP contribution in [0.5, 0.6) is 0 Å². The summed E-state index contributed by atoms with van der Waals surface area (Å²) < 4.78 is 63.0. The molecule has 0 radical (unpaired) electrons. The quantitative estimate of drug-likeness (QED) is 0.745. The summed E-state index contributed by atoms with van der Waals surface area (Å²) >= 11 is 0. The maximum Gasteiger partial charge on any atom is 0.416 e. The molecule has 0 spiro atoms. The minimum Gasteiger partial charge on any atom is -0.315 e. The summed E-state index contributed by atoms with van der Waals surface area (Å²) in [5.74, 6) is 0. The van der Waals surface area contributed by atoms with Crippen molar-refractivity contribution in [1.82, 2.24) is 10.0 Å².